The molecule has 2 aromatic rings. The molecule has 6 nitrogen and oxygen atoms in total. The molecule has 0 aliphatic carbocycles. The first kappa shape index (κ1) is 19.0. The van der Waals surface area contributed by atoms with Gasteiger partial charge in [-0.25, -0.2) is 4.79 Å². The van der Waals surface area contributed by atoms with Crippen molar-refractivity contribution in [3.8, 4) is 0 Å². The van der Waals surface area contributed by atoms with Crippen molar-refractivity contribution in [1.82, 2.24) is 19.6 Å². The zero-order valence-electron chi connectivity index (χ0n) is 15.0. The summed E-state index contributed by atoms with van der Waals surface area (Å²) in [5.41, 5.74) is 2.88. The van der Waals surface area contributed by atoms with Crippen LogP contribution in [0.1, 0.15) is 11.4 Å². The Hall–Kier alpha value is -1.76. The van der Waals surface area contributed by atoms with Crippen molar-refractivity contribution in [2.45, 2.75) is 20.4 Å². The van der Waals surface area contributed by atoms with Gasteiger partial charge in [0.1, 0.15) is 0 Å². The van der Waals surface area contributed by atoms with Crippen LogP contribution in [0.4, 0.5) is 10.5 Å². The lowest BCUT2D eigenvalue weighted by Crippen LogP contribution is -2.50. The van der Waals surface area contributed by atoms with E-state index in [-0.39, 0.29) is 6.03 Å². The number of halogens is 2. The molecule has 1 fully saturated rings. The number of benzene rings is 1. The average molecular weight is 396 g/mol. The molecule has 0 atom stereocenters. The van der Waals surface area contributed by atoms with Crippen molar-refractivity contribution in [2.24, 2.45) is 0 Å². The van der Waals surface area contributed by atoms with Crippen molar-refractivity contribution in [1.29, 1.82) is 0 Å². The van der Waals surface area contributed by atoms with E-state index in [2.05, 4.69) is 28.3 Å². The van der Waals surface area contributed by atoms with Crippen molar-refractivity contribution in [3.63, 3.8) is 0 Å². The van der Waals surface area contributed by atoms with Crippen LogP contribution >= 0.6 is 23.2 Å². The predicted octanol–water partition coefficient (Wildman–Crippen LogP) is 3.66. The van der Waals surface area contributed by atoms with Crippen LogP contribution in [0.25, 0.3) is 0 Å². The number of hydrogen-bond acceptors (Lipinski definition) is 3. The molecular weight excluding hydrogens is 373 g/mol. The van der Waals surface area contributed by atoms with Gasteiger partial charge in [0, 0.05) is 44.1 Å². The molecule has 1 aliphatic rings. The predicted molar refractivity (Wildman–Crippen MR) is 105 cm³/mol. The van der Waals surface area contributed by atoms with Crippen LogP contribution in [0.2, 0.25) is 10.0 Å². The van der Waals surface area contributed by atoms with Gasteiger partial charge in [0.2, 0.25) is 0 Å². The molecule has 0 spiro atoms. The van der Waals surface area contributed by atoms with E-state index in [1.54, 1.807) is 18.2 Å². The minimum absolute atomic E-state index is 0.110. The van der Waals surface area contributed by atoms with E-state index in [9.17, 15) is 4.79 Å². The van der Waals surface area contributed by atoms with Crippen LogP contribution in [0.15, 0.2) is 24.3 Å². The number of carbonyl (C=O) groups is 1. The highest BCUT2D eigenvalue weighted by Crippen LogP contribution is 2.25. The van der Waals surface area contributed by atoms with Gasteiger partial charge >= 0.3 is 6.03 Å². The van der Waals surface area contributed by atoms with Crippen LogP contribution in [0.3, 0.4) is 0 Å². The first-order valence-electron chi connectivity index (χ1n) is 8.67. The topological polar surface area (TPSA) is 53.4 Å². The minimum atomic E-state index is -0.110. The number of carbonyl (C=O) groups excluding carboxylic acids is 1. The smallest absolute Gasteiger partial charge is 0.321 e. The number of hydrogen-bond donors (Lipinski definition) is 1. The molecule has 0 saturated carbocycles. The number of amides is 2. The standard InChI is InChI=1S/C18H23Cl2N5O/c1-13-11-14(2)25(22-13)10-7-23-5-8-24(9-6-23)18(26)21-15-3-4-16(19)17(20)12-15/h3-4,11-12H,5-10H2,1-2H3,(H,21,26). The van der Waals surface area contributed by atoms with Gasteiger partial charge in [0.15, 0.2) is 0 Å². The van der Waals surface area contributed by atoms with Gasteiger partial charge in [-0.1, -0.05) is 23.2 Å². The first-order chi connectivity index (χ1) is 12.4. The number of aryl methyl sites for hydroxylation is 2. The molecule has 140 valence electrons. The second-order valence-electron chi connectivity index (χ2n) is 6.54. The quantitative estimate of drug-likeness (QED) is 0.858. The molecule has 26 heavy (non-hydrogen) atoms. The zero-order chi connectivity index (χ0) is 18.7. The number of nitrogens with zero attached hydrogens (tertiary/aromatic N) is 4. The van der Waals surface area contributed by atoms with Gasteiger partial charge in [-0.15, -0.1) is 0 Å². The Balaban J connectivity index is 1.46. The summed E-state index contributed by atoms with van der Waals surface area (Å²) in [4.78, 5) is 16.6. The van der Waals surface area contributed by atoms with Crippen molar-refractivity contribution >= 4 is 34.9 Å². The molecule has 3 rings (SSSR count). The summed E-state index contributed by atoms with van der Waals surface area (Å²) >= 11 is 11.9. The molecular formula is C18H23Cl2N5O. The Bertz CT molecular complexity index is 784. The molecule has 1 aliphatic heterocycles. The Labute approximate surface area is 163 Å². The summed E-state index contributed by atoms with van der Waals surface area (Å²) in [6.07, 6.45) is 0. The highest BCUT2D eigenvalue weighted by atomic mass is 35.5. The summed E-state index contributed by atoms with van der Waals surface area (Å²) in [5, 5.41) is 8.27. The van der Waals surface area contributed by atoms with E-state index in [4.69, 9.17) is 23.2 Å². The molecule has 1 N–H and O–H groups in total. The Morgan fingerprint density at radius 1 is 1.08 bits per heavy atom. The number of anilines is 1. The fourth-order valence-corrected chi connectivity index (χ4v) is 3.39. The van der Waals surface area contributed by atoms with Crippen LogP contribution < -0.4 is 5.32 Å². The minimum Gasteiger partial charge on any atom is -0.322 e. The highest BCUT2D eigenvalue weighted by Gasteiger charge is 2.21. The molecule has 0 radical (unpaired) electrons. The Kier molecular flexibility index (Phi) is 6.06. The van der Waals surface area contributed by atoms with E-state index in [1.165, 1.54) is 5.69 Å². The molecule has 2 amide bonds. The number of rotatable bonds is 4. The second kappa shape index (κ2) is 8.29. The van der Waals surface area contributed by atoms with Gasteiger partial charge in [0.25, 0.3) is 0 Å². The van der Waals surface area contributed by atoms with E-state index >= 15 is 0 Å². The molecule has 1 aromatic carbocycles. The van der Waals surface area contributed by atoms with Crippen molar-refractivity contribution in [2.75, 3.05) is 38.0 Å². The number of aromatic nitrogens is 2. The summed E-state index contributed by atoms with van der Waals surface area (Å²) in [7, 11) is 0. The number of piperazine rings is 1. The van der Waals surface area contributed by atoms with Gasteiger partial charge in [-0.3, -0.25) is 9.58 Å². The second-order valence-corrected chi connectivity index (χ2v) is 7.35. The SMILES string of the molecule is Cc1cc(C)n(CCN2CCN(C(=O)Nc3ccc(Cl)c(Cl)c3)CC2)n1. The van der Waals surface area contributed by atoms with Crippen LogP contribution in [0.5, 0.6) is 0 Å². The normalized spacial score (nSPS) is 15.3. The fourth-order valence-electron chi connectivity index (χ4n) is 3.09. The third kappa shape index (κ3) is 4.69. The maximum absolute atomic E-state index is 12.4. The molecule has 2 heterocycles. The van der Waals surface area contributed by atoms with E-state index < -0.39 is 0 Å². The molecule has 1 aromatic heterocycles. The Morgan fingerprint density at radius 3 is 2.42 bits per heavy atom. The monoisotopic (exact) mass is 395 g/mol. The highest BCUT2D eigenvalue weighted by molar-refractivity contribution is 6.42. The third-order valence-electron chi connectivity index (χ3n) is 4.56. The number of urea groups is 1. The summed E-state index contributed by atoms with van der Waals surface area (Å²) in [6, 6.07) is 7.06. The largest absolute Gasteiger partial charge is 0.322 e. The first-order valence-corrected chi connectivity index (χ1v) is 9.42. The maximum atomic E-state index is 12.4. The van der Waals surface area contributed by atoms with Crippen LogP contribution in [-0.4, -0.2) is 58.3 Å². The van der Waals surface area contributed by atoms with Crippen molar-refractivity contribution < 1.29 is 4.79 Å². The molecule has 8 heteroatoms. The molecule has 0 bridgehead atoms. The lowest BCUT2D eigenvalue weighted by atomic mass is 10.3. The van der Waals surface area contributed by atoms with Gasteiger partial charge < -0.3 is 10.2 Å². The fraction of sp³-hybridized carbons (Fsp3) is 0.444. The average Bonchev–Trinajstić information content (AvgIpc) is 2.94. The Morgan fingerprint density at radius 2 is 1.81 bits per heavy atom. The van der Waals surface area contributed by atoms with Gasteiger partial charge in [-0.2, -0.15) is 5.10 Å². The van der Waals surface area contributed by atoms with E-state index in [0.29, 0.717) is 28.8 Å². The van der Waals surface area contributed by atoms with Crippen LogP contribution in [0, 0.1) is 13.8 Å². The van der Waals surface area contributed by atoms with E-state index in [1.807, 2.05) is 16.5 Å². The lowest BCUT2D eigenvalue weighted by Gasteiger charge is -2.34. The summed E-state index contributed by atoms with van der Waals surface area (Å²) in [5.74, 6) is 0. The summed E-state index contributed by atoms with van der Waals surface area (Å²) < 4.78 is 2.04. The number of nitrogens with one attached hydrogen (secondary N) is 1. The van der Waals surface area contributed by atoms with Crippen molar-refractivity contribution in [3.05, 3.63) is 45.7 Å². The van der Waals surface area contributed by atoms with Crippen LogP contribution in [-0.2, 0) is 6.54 Å². The van der Waals surface area contributed by atoms with E-state index in [0.717, 1.165) is 31.9 Å². The molecule has 1 saturated heterocycles. The zero-order valence-corrected chi connectivity index (χ0v) is 16.5. The lowest BCUT2D eigenvalue weighted by molar-refractivity contribution is 0.143. The third-order valence-corrected chi connectivity index (χ3v) is 5.30. The van der Waals surface area contributed by atoms with Gasteiger partial charge in [0.05, 0.1) is 22.3 Å². The summed E-state index contributed by atoms with van der Waals surface area (Å²) in [6.45, 7) is 9.00. The van der Waals surface area contributed by atoms with Gasteiger partial charge in [-0.05, 0) is 38.1 Å². The molecule has 0 unspecified atom stereocenters. The maximum Gasteiger partial charge on any atom is 0.321 e.